The Morgan fingerprint density at radius 1 is 1.29 bits per heavy atom. The monoisotopic (exact) mass is 475 g/mol. The number of urea groups is 2. The first-order chi connectivity index (χ1) is 16.1. The molecule has 0 unspecified atom stereocenters. The number of piperazine rings is 1. The summed E-state index contributed by atoms with van der Waals surface area (Å²) >= 11 is 0. The van der Waals surface area contributed by atoms with Gasteiger partial charge in [-0.15, -0.1) is 0 Å². The van der Waals surface area contributed by atoms with Gasteiger partial charge in [0.25, 0.3) is 0 Å². The van der Waals surface area contributed by atoms with E-state index in [0.29, 0.717) is 37.4 Å². The highest BCUT2D eigenvalue weighted by atomic mass is 19.1. The fraction of sp³-hybridized carbons (Fsp3) is 0.542. The fourth-order valence-corrected chi connectivity index (χ4v) is 4.35. The van der Waals surface area contributed by atoms with Crippen LogP contribution in [0.4, 0.5) is 14.0 Å². The maximum atomic E-state index is 14.0. The van der Waals surface area contributed by atoms with Gasteiger partial charge in [-0.25, -0.2) is 18.8 Å². The third-order valence-corrected chi connectivity index (χ3v) is 6.01. The standard InChI is InChI=1S/C24H34FN5O4/c1-6-34-22(31)20-19(14-29-10-11-30(16(4)13-29)24(33)26-15(2)3)28(5)23(32)27-21(20)17-8-7-9-18(25)12-17/h7-9,12,15-16,21H,6,10-11,13-14H2,1-5H3,(H,26,33)(H,27,32)/t16-,21-/m0/s1. The van der Waals surface area contributed by atoms with Crippen molar-refractivity contribution >= 4 is 18.0 Å². The molecule has 2 atom stereocenters. The summed E-state index contributed by atoms with van der Waals surface area (Å²) in [5.41, 5.74) is 1.25. The number of ether oxygens (including phenoxy) is 1. The molecule has 0 bridgehead atoms. The molecule has 0 spiro atoms. The highest BCUT2D eigenvalue weighted by molar-refractivity contribution is 5.95. The van der Waals surface area contributed by atoms with Gasteiger partial charge in [0.05, 0.1) is 18.2 Å². The molecule has 9 nitrogen and oxygen atoms in total. The summed E-state index contributed by atoms with van der Waals surface area (Å²) in [5.74, 6) is -1.01. The number of halogens is 1. The van der Waals surface area contributed by atoms with Crippen molar-refractivity contribution in [2.45, 2.75) is 45.8 Å². The molecule has 2 N–H and O–H groups in total. The summed E-state index contributed by atoms with van der Waals surface area (Å²) in [7, 11) is 1.60. The minimum Gasteiger partial charge on any atom is -0.463 e. The van der Waals surface area contributed by atoms with Crippen molar-refractivity contribution in [3.8, 4) is 0 Å². The summed E-state index contributed by atoms with van der Waals surface area (Å²) in [4.78, 5) is 43.6. The SMILES string of the molecule is CCOC(=O)C1=C(CN2CCN(C(=O)NC(C)C)[C@@H](C)C2)N(C)C(=O)N[C@H]1c1cccc(F)c1. The number of nitrogens with zero attached hydrogens (tertiary/aromatic N) is 3. The largest absolute Gasteiger partial charge is 0.463 e. The lowest BCUT2D eigenvalue weighted by molar-refractivity contribution is -0.139. The van der Waals surface area contributed by atoms with E-state index in [1.807, 2.05) is 20.8 Å². The molecule has 34 heavy (non-hydrogen) atoms. The van der Waals surface area contributed by atoms with E-state index in [9.17, 15) is 18.8 Å². The van der Waals surface area contributed by atoms with Crippen LogP contribution in [0, 0.1) is 5.82 Å². The average molecular weight is 476 g/mol. The van der Waals surface area contributed by atoms with Gasteiger partial charge in [-0.3, -0.25) is 9.80 Å². The molecule has 0 saturated carbocycles. The lowest BCUT2D eigenvalue weighted by atomic mass is 9.94. The average Bonchev–Trinajstić information content (AvgIpc) is 2.76. The van der Waals surface area contributed by atoms with Crippen LogP contribution < -0.4 is 10.6 Å². The Morgan fingerprint density at radius 3 is 2.65 bits per heavy atom. The smallest absolute Gasteiger partial charge is 0.338 e. The minimum absolute atomic E-state index is 0.0455. The molecular formula is C24H34FN5O4. The molecule has 1 saturated heterocycles. The number of benzene rings is 1. The van der Waals surface area contributed by atoms with Crippen LogP contribution in [0.2, 0.25) is 0 Å². The van der Waals surface area contributed by atoms with Crippen LogP contribution >= 0.6 is 0 Å². The minimum atomic E-state index is -0.830. The van der Waals surface area contributed by atoms with Crippen molar-refractivity contribution in [3.05, 3.63) is 46.9 Å². The number of likely N-dealkylation sites (N-methyl/N-ethyl adjacent to an activating group) is 1. The highest BCUT2D eigenvalue weighted by Crippen LogP contribution is 2.32. The predicted octanol–water partition coefficient (Wildman–Crippen LogP) is 2.46. The molecule has 2 aliphatic heterocycles. The van der Waals surface area contributed by atoms with Gasteiger partial charge in [0.2, 0.25) is 0 Å². The topological polar surface area (TPSA) is 94.2 Å². The third kappa shape index (κ3) is 5.67. The first-order valence-corrected chi connectivity index (χ1v) is 11.6. The molecule has 0 aliphatic carbocycles. The molecule has 186 valence electrons. The molecule has 4 amide bonds. The van der Waals surface area contributed by atoms with E-state index in [1.54, 1.807) is 31.0 Å². The lowest BCUT2D eigenvalue weighted by Crippen LogP contribution is -2.58. The zero-order valence-corrected chi connectivity index (χ0v) is 20.4. The Kier molecular flexibility index (Phi) is 8.14. The van der Waals surface area contributed by atoms with Crippen molar-refractivity contribution in [1.82, 2.24) is 25.3 Å². The number of carbonyl (C=O) groups is 3. The molecule has 1 aromatic carbocycles. The molecule has 3 rings (SSSR count). The van der Waals surface area contributed by atoms with Gasteiger partial charge in [0, 0.05) is 51.0 Å². The molecule has 1 aromatic rings. The maximum Gasteiger partial charge on any atom is 0.338 e. The molecule has 1 fully saturated rings. The van der Waals surface area contributed by atoms with Gasteiger partial charge in [-0.2, -0.15) is 0 Å². The van der Waals surface area contributed by atoms with Gasteiger partial charge in [0.1, 0.15) is 5.82 Å². The van der Waals surface area contributed by atoms with Crippen molar-refractivity contribution < 1.29 is 23.5 Å². The Hall–Kier alpha value is -3.14. The molecule has 10 heteroatoms. The Labute approximate surface area is 199 Å². The van der Waals surface area contributed by atoms with Gasteiger partial charge in [0.15, 0.2) is 0 Å². The van der Waals surface area contributed by atoms with Crippen LogP contribution in [0.3, 0.4) is 0 Å². The summed E-state index contributed by atoms with van der Waals surface area (Å²) in [6, 6.07) is 4.50. The van der Waals surface area contributed by atoms with Gasteiger partial charge in [-0.05, 0) is 45.4 Å². The Morgan fingerprint density at radius 2 is 2.03 bits per heavy atom. The van der Waals surface area contributed by atoms with E-state index in [4.69, 9.17) is 4.74 Å². The number of hydrogen-bond acceptors (Lipinski definition) is 5. The van der Waals surface area contributed by atoms with E-state index in [0.717, 1.165) is 0 Å². The molecule has 2 heterocycles. The summed E-state index contributed by atoms with van der Waals surface area (Å²) < 4.78 is 19.3. The van der Waals surface area contributed by atoms with E-state index < -0.39 is 17.8 Å². The second-order valence-corrected chi connectivity index (χ2v) is 8.96. The van der Waals surface area contributed by atoms with Crippen molar-refractivity contribution in [2.24, 2.45) is 0 Å². The van der Waals surface area contributed by atoms with Gasteiger partial charge in [-0.1, -0.05) is 12.1 Å². The van der Waals surface area contributed by atoms with E-state index in [2.05, 4.69) is 15.5 Å². The molecule has 0 radical (unpaired) electrons. The normalized spacial score (nSPS) is 21.6. The Balaban J connectivity index is 1.90. The number of carbonyl (C=O) groups excluding carboxylic acids is 3. The quantitative estimate of drug-likeness (QED) is 0.617. The first-order valence-electron chi connectivity index (χ1n) is 11.6. The van der Waals surface area contributed by atoms with Crippen LogP contribution in [0.1, 0.15) is 39.3 Å². The van der Waals surface area contributed by atoms with E-state index in [1.165, 1.54) is 17.0 Å². The first kappa shape index (κ1) is 25.5. The molecule has 0 aromatic heterocycles. The van der Waals surface area contributed by atoms with E-state index >= 15 is 0 Å². The fourth-order valence-electron chi connectivity index (χ4n) is 4.35. The zero-order valence-electron chi connectivity index (χ0n) is 20.4. The summed E-state index contributed by atoms with van der Waals surface area (Å²) in [6.45, 7) is 9.68. The van der Waals surface area contributed by atoms with Crippen LogP contribution in [0.15, 0.2) is 35.5 Å². The van der Waals surface area contributed by atoms with Crippen LogP contribution in [0.5, 0.6) is 0 Å². The second-order valence-electron chi connectivity index (χ2n) is 8.96. The third-order valence-electron chi connectivity index (χ3n) is 6.01. The maximum absolute atomic E-state index is 14.0. The predicted molar refractivity (Wildman–Crippen MR) is 125 cm³/mol. The number of esters is 1. The van der Waals surface area contributed by atoms with Crippen LogP contribution in [0.25, 0.3) is 0 Å². The van der Waals surface area contributed by atoms with Gasteiger partial charge >= 0.3 is 18.0 Å². The number of nitrogens with one attached hydrogen (secondary N) is 2. The number of amides is 4. The Bertz CT molecular complexity index is 966. The van der Waals surface area contributed by atoms with Gasteiger partial charge < -0.3 is 20.3 Å². The zero-order chi connectivity index (χ0) is 25.0. The van der Waals surface area contributed by atoms with E-state index in [-0.39, 0.29) is 36.3 Å². The summed E-state index contributed by atoms with van der Waals surface area (Å²) in [5, 5.41) is 5.72. The highest BCUT2D eigenvalue weighted by Gasteiger charge is 2.38. The van der Waals surface area contributed by atoms with Crippen molar-refractivity contribution in [1.29, 1.82) is 0 Å². The molecular weight excluding hydrogens is 441 g/mol. The van der Waals surface area contributed by atoms with Crippen molar-refractivity contribution in [2.75, 3.05) is 39.8 Å². The second kappa shape index (κ2) is 10.9. The lowest BCUT2D eigenvalue weighted by Gasteiger charge is -2.42. The molecule has 2 aliphatic rings. The number of rotatable bonds is 6. The van der Waals surface area contributed by atoms with Crippen LogP contribution in [-0.2, 0) is 9.53 Å². The summed E-state index contributed by atoms with van der Waals surface area (Å²) in [6.07, 6.45) is 0. The van der Waals surface area contributed by atoms with Crippen LogP contribution in [-0.4, -0.2) is 84.6 Å². The number of hydrogen-bond donors (Lipinski definition) is 2. The van der Waals surface area contributed by atoms with Crippen molar-refractivity contribution in [3.63, 3.8) is 0 Å².